The van der Waals surface area contributed by atoms with Crippen molar-refractivity contribution in [1.29, 1.82) is 0 Å². The number of benzene rings is 4. The van der Waals surface area contributed by atoms with Crippen LogP contribution in [0.5, 0.6) is 0 Å². The predicted octanol–water partition coefficient (Wildman–Crippen LogP) is 9.71. The van der Waals surface area contributed by atoms with E-state index in [1.807, 2.05) is 66.1 Å². The van der Waals surface area contributed by atoms with Gasteiger partial charge in [-0.15, -0.1) is 0 Å². The number of alkyl halides is 3. The van der Waals surface area contributed by atoms with Crippen molar-refractivity contribution >= 4 is 15.9 Å². The van der Waals surface area contributed by atoms with Gasteiger partial charge in [0.15, 0.2) is 0 Å². The summed E-state index contributed by atoms with van der Waals surface area (Å²) in [6.07, 6.45) is -4.42. The van der Waals surface area contributed by atoms with E-state index in [4.69, 9.17) is 0 Å². The number of hydrogen-bond acceptors (Lipinski definition) is 0. The molecule has 0 saturated heterocycles. The third-order valence-electron chi connectivity index (χ3n) is 6.17. The largest absolute Gasteiger partial charge is 0.416 e. The fourth-order valence-electron chi connectivity index (χ4n) is 4.55. The first-order chi connectivity index (χ1) is 17.2. The van der Waals surface area contributed by atoms with Gasteiger partial charge in [-0.05, 0) is 72.1 Å². The van der Waals surface area contributed by atoms with Crippen molar-refractivity contribution in [3.63, 3.8) is 0 Å². The molecule has 0 spiro atoms. The molecule has 5 aromatic rings. The molecule has 0 N–H and O–H groups in total. The third-order valence-corrected chi connectivity index (χ3v) is 6.70. The van der Waals surface area contributed by atoms with E-state index in [-0.39, 0.29) is 5.82 Å². The van der Waals surface area contributed by atoms with Gasteiger partial charge in [0.1, 0.15) is 5.82 Å². The molecule has 4 aromatic carbocycles. The van der Waals surface area contributed by atoms with Crippen molar-refractivity contribution < 1.29 is 17.6 Å². The second kappa shape index (κ2) is 9.43. The normalized spacial score (nSPS) is 11.6. The molecule has 0 fully saturated rings. The van der Waals surface area contributed by atoms with E-state index in [9.17, 15) is 17.6 Å². The Morgan fingerprint density at radius 2 is 1.19 bits per heavy atom. The van der Waals surface area contributed by atoms with Crippen LogP contribution in [0.25, 0.3) is 39.2 Å². The van der Waals surface area contributed by atoms with E-state index in [1.54, 1.807) is 12.1 Å². The van der Waals surface area contributed by atoms with Crippen LogP contribution in [0.4, 0.5) is 17.6 Å². The first-order valence-electron chi connectivity index (χ1n) is 11.2. The molecular weight excluding hydrogens is 530 g/mol. The second-order valence-corrected chi connectivity index (χ2v) is 9.36. The van der Waals surface area contributed by atoms with Crippen LogP contribution in [-0.4, -0.2) is 4.57 Å². The minimum atomic E-state index is -4.42. The highest BCUT2D eigenvalue weighted by Gasteiger charge is 2.31. The summed E-state index contributed by atoms with van der Waals surface area (Å²) in [6.45, 7) is 1.94. The van der Waals surface area contributed by atoms with Crippen LogP contribution in [0.15, 0.2) is 108 Å². The van der Waals surface area contributed by atoms with Gasteiger partial charge in [-0.2, -0.15) is 13.2 Å². The molecule has 180 valence electrons. The highest BCUT2D eigenvalue weighted by molar-refractivity contribution is 9.10. The maximum absolute atomic E-state index is 13.8. The molecule has 0 aliphatic carbocycles. The van der Waals surface area contributed by atoms with Crippen molar-refractivity contribution in [2.45, 2.75) is 13.1 Å². The lowest BCUT2D eigenvalue weighted by Gasteiger charge is -2.15. The summed E-state index contributed by atoms with van der Waals surface area (Å²) < 4.78 is 56.6. The fourth-order valence-corrected chi connectivity index (χ4v) is 4.81. The van der Waals surface area contributed by atoms with E-state index < -0.39 is 11.7 Å². The van der Waals surface area contributed by atoms with Crippen molar-refractivity contribution in [3.8, 4) is 39.2 Å². The smallest absolute Gasteiger partial charge is 0.313 e. The minimum Gasteiger partial charge on any atom is -0.313 e. The van der Waals surface area contributed by atoms with Crippen LogP contribution in [0.1, 0.15) is 11.3 Å². The van der Waals surface area contributed by atoms with E-state index in [0.29, 0.717) is 5.69 Å². The fraction of sp³-hybridized carbons (Fsp3) is 0.0667. The zero-order valence-electron chi connectivity index (χ0n) is 19.2. The Bertz CT molecular complexity index is 1500. The topological polar surface area (TPSA) is 4.93 Å². The molecule has 1 heterocycles. The van der Waals surface area contributed by atoms with Crippen LogP contribution < -0.4 is 0 Å². The molecule has 1 aromatic heterocycles. The summed E-state index contributed by atoms with van der Waals surface area (Å²) in [7, 11) is 0. The predicted molar refractivity (Wildman–Crippen MR) is 139 cm³/mol. The van der Waals surface area contributed by atoms with E-state index in [0.717, 1.165) is 55.8 Å². The zero-order chi connectivity index (χ0) is 25.4. The summed E-state index contributed by atoms with van der Waals surface area (Å²) in [4.78, 5) is 0. The highest BCUT2D eigenvalue weighted by Crippen LogP contribution is 2.46. The van der Waals surface area contributed by atoms with Crippen LogP contribution in [-0.2, 0) is 6.18 Å². The lowest BCUT2D eigenvalue weighted by atomic mass is 9.93. The Hall–Kier alpha value is -3.64. The maximum Gasteiger partial charge on any atom is 0.416 e. The molecule has 0 aliphatic heterocycles. The number of hydrogen-bond donors (Lipinski definition) is 0. The molecule has 0 aliphatic rings. The van der Waals surface area contributed by atoms with Crippen LogP contribution in [0.3, 0.4) is 0 Å². The molecule has 0 amide bonds. The van der Waals surface area contributed by atoms with Gasteiger partial charge in [0.25, 0.3) is 0 Å². The second-order valence-electron chi connectivity index (χ2n) is 8.44. The third kappa shape index (κ3) is 4.49. The molecule has 0 saturated carbocycles. The van der Waals surface area contributed by atoms with E-state index in [2.05, 4.69) is 15.9 Å². The van der Waals surface area contributed by atoms with E-state index in [1.165, 1.54) is 24.3 Å². The van der Waals surface area contributed by atoms with Crippen LogP contribution in [0, 0.1) is 12.7 Å². The Morgan fingerprint density at radius 1 is 0.639 bits per heavy atom. The number of halogens is 5. The van der Waals surface area contributed by atoms with Gasteiger partial charge in [0, 0.05) is 27.0 Å². The Balaban J connectivity index is 1.88. The van der Waals surface area contributed by atoms with Crippen molar-refractivity contribution in [2.24, 2.45) is 0 Å². The maximum atomic E-state index is 13.8. The quantitative estimate of drug-likeness (QED) is 0.196. The number of nitrogens with zero attached hydrogens (tertiary/aromatic N) is 1. The molecule has 0 unspecified atom stereocenters. The summed E-state index contributed by atoms with van der Waals surface area (Å²) in [5, 5.41) is 0. The minimum absolute atomic E-state index is 0.340. The van der Waals surface area contributed by atoms with Gasteiger partial charge in [0.05, 0.1) is 11.3 Å². The van der Waals surface area contributed by atoms with Crippen molar-refractivity contribution in [2.75, 3.05) is 0 Å². The summed E-state index contributed by atoms with van der Waals surface area (Å²) in [5.74, 6) is -0.340. The van der Waals surface area contributed by atoms with Gasteiger partial charge in [-0.25, -0.2) is 4.39 Å². The molecule has 0 bridgehead atoms. The number of rotatable bonds is 4. The molecule has 5 rings (SSSR count). The van der Waals surface area contributed by atoms with Crippen molar-refractivity contribution in [1.82, 2.24) is 4.57 Å². The molecule has 0 atom stereocenters. The lowest BCUT2D eigenvalue weighted by molar-refractivity contribution is -0.137. The molecule has 36 heavy (non-hydrogen) atoms. The summed E-state index contributed by atoms with van der Waals surface area (Å²) >= 11 is 3.49. The molecule has 0 radical (unpaired) electrons. The van der Waals surface area contributed by atoms with E-state index >= 15 is 0 Å². The van der Waals surface area contributed by atoms with Gasteiger partial charge < -0.3 is 4.57 Å². The Morgan fingerprint density at radius 3 is 1.78 bits per heavy atom. The van der Waals surface area contributed by atoms with Gasteiger partial charge in [-0.1, -0.05) is 70.5 Å². The Labute approximate surface area is 214 Å². The first kappa shape index (κ1) is 24.1. The molecular formula is C30H20BrF4N. The summed E-state index contributed by atoms with van der Waals surface area (Å²) in [6, 6.07) is 29.1. The average Bonchev–Trinajstić information content (AvgIpc) is 3.18. The van der Waals surface area contributed by atoms with Crippen molar-refractivity contribution in [3.05, 3.63) is 125 Å². The zero-order valence-corrected chi connectivity index (χ0v) is 20.7. The Kier molecular flexibility index (Phi) is 6.31. The van der Waals surface area contributed by atoms with Gasteiger partial charge in [0.2, 0.25) is 0 Å². The van der Waals surface area contributed by atoms with Crippen LogP contribution in [0.2, 0.25) is 0 Å². The number of aromatic nitrogens is 1. The summed E-state index contributed by atoms with van der Waals surface area (Å²) in [5.41, 5.74) is 6.03. The average molecular weight is 550 g/mol. The van der Waals surface area contributed by atoms with Gasteiger partial charge >= 0.3 is 6.18 Å². The highest BCUT2D eigenvalue weighted by atomic mass is 79.9. The van der Waals surface area contributed by atoms with Crippen LogP contribution >= 0.6 is 15.9 Å². The lowest BCUT2D eigenvalue weighted by Crippen LogP contribution is -2.06. The van der Waals surface area contributed by atoms with Gasteiger partial charge in [-0.3, -0.25) is 0 Å². The molecule has 1 nitrogen and oxygen atoms in total. The standard InChI is InChI=1S/C30H20BrF4N/c1-19-27(21-9-15-25(32)16-10-21)28(20-5-3-2-4-6-20)29(22-7-13-24(31)14-8-22)36(19)26-17-11-23(12-18-26)30(33,34)35/h2-18H,1H3. The first-order valence-corrected chi connectivity index (χ1v) is 12.0. The molecule has 6 heteroatoms. The SMILES string of the molecule is Cc1c(-c2ccc(F)cc2)c(-c2ccccc2)c(-c2ccc(Br)cc2)n1-c1ccc(C(F)(F)F)cc1. The monoisotopic (exact) mass is 549 g/mol.